The van der Waals surface area contributed by atoms with Crippen LogP contribution in [-0.4, -0.2) is 49.6 Å². The molecular formula is C36H25Br2ClN8O3. The number of H-pyrrole nitrogens is 1. The van der Waals surface area contributed by atoms with Crippen LogP contribution in [0.4, 0.5) is 17.2 Å². The zero-order valence-electron chi connectivity index (χ0n) is 26.2. The number of nitrogens with one attached hydrogen (secondary N) is 3. The van der Waals surface area contributed by atoms with E-state index in [-0.39, 0.29) is 12.5 Å². The molecule has 0 fully saturated rings. The van der Waals surface area contributed by atoms with Crippen molar-refractivity contribution in [3.8, 4) is 11.5 Å². The van der Waals surface area contributed by atoms with E-state index < -0.39 is 0 Å². The number of carbonyl (C=O) groups is 1. The number of halogens is 3. The SMILES string of the molecule is COc1ccc(Cn2cc3c(n2)c(Cl)nc2ccc(Br)cc23)cc1.O=C1COc2ccc(Nc3nc4ccc(Br)cc4c4cn[nH]c34)cc2N1. The molecule has 9 rings (SSSR count). The summed E-state index contributed by atoms with van der Waals surface area (Å²) < 4.78 is 14.5. The molecule has 4 aromatic heterocycles. The minimum Gasteiger partial charge on any atom is -0.497 e. The maximum absolute atomic E-state index is 11.5. The maximum Gasteiger partial charge on any atom is 0.262 e. The van der Waals surface area contributed by atoms with Gasteiger partial charge in [0, 0.05) is 42.4 Å². The fraction of sp³-hybridized carbons (Fsp3) is 0.0833. The lowest BCUT2D eigenvalue weighted by Crippen LogP contribution is -2.25. The summed E-state index contributed by atoms with van der Waals surface area (Å²) in [7, 11) is 1.66. The van der Waals surface area contributed by atoms with E-state index in [1.54, 1.807) is 13.3 Å². The van der Waals surface area contributed by atoms with Crippen LogP contribution < -0.4 is 20.1 Å². The molecule has 0 saturated carbocycles. The van der Waals surface area contributed by atoms with Crippen molar-refractivity contribution in [3.05, 3.63) is 111 Å². The van der Waals surface area contributed by atoms with Crippen molar-refractivity contribution >= 4 is 110 Å². The number of hydrogen-bond acceptors (Lipinski definition) is 8. The maximum atomic E-state index is 11.5. The van der Waals surface area contributed by atoms with Crippen molar-refractivity contribution < 1.29 is 14.3 Å². The quantitative estimate of drug-likeness (QED) is 0.147. The number of rotatable bonds is 5. The number of benzene rings is 4. The first-order chi connectivity index (χ1) is 24.3. The molecular weight excluding hydrogens is 788 g/mol. The lowest BCUT2D eigenvalue weighted by Gasteiger charge is -2.19. The average molecular weight is 813 g/mol. The fourth-order valence-corrected chi connectivity index (χ4v) is 6.76. The highest BCUT2D eigenvalue weighted by Gasteiger charge is 2.17. The third kappa shape index (κ3) is 6.30. The van der Waals surface area contributed by atoms with Crippen molar-refractivity contribution in [3.63, 3.8) is 0 Å². The third-order valence-electron chi connectivity index (χ3n) is 8.16. The number of methoxy groups -OCH3 is 1. The molecule has 11 nitrogen and oxygen atoms in total. The Morgan fingerprint density at radius 1 is 0.920 bits per heavy atom. The van der Waals surface area contributed by atoms with E-state index in [0.29, 0.717) is 29.0 Å². The summed E-state index contributed by atoms with van der Waals surface area (Å²) in [6.45, 7) is 0.695. The molecule has 0 spiro atoms. The van der Waals surface area contributed by atoms with Crippen LogP contribution in [0.1, 0.15) is 5.56 Å². The monoisotopic (exact) mass is 810 g/mol. The molecule has 50 heavy (non-hydrogen) atoms. The summed E-state index contributed by atoms with van der Waals surface area (Å²) in [5.74, 6) is 1.99. The molecule has 8 aromatic rings. The van der Waals surface area contributed by atoms with Gasteiger partial charge in [-0.25, -0.2) is 9.97 Å². The average Bonchev–Trinajstić information content (AvgIpc) is 3.79. The van der Waals surface area contributed by atoms with Crippen LogP contribution in [0.5, 0.6) is 11.5 Å². The molecule has 0 bridgehead atoms. The van der Waals surface area contributed by atoms with Crippen LogP contribution in [0, 0.1) is 0 Å². The van der Waals surface area contributed by atoms with E-state index in [1.165, 1.54) is 0 Å². The van der Waals surface area contributed by atoms with Gasteiger partial charge in [-0.1, -0.05) is 55.6 Å². The largest absolute Gasteiger partial charge is 0.497 e. The second kappa shape index (κ2) is 13.2. The molecule has 0 radical (unpaired) electrons. The van der Waals surface area contributed by atoms with Crippen molar-refractivity contribution in [2.45, 2.75) is 6.54 Å². The normalized spacial score (nSPS) is 12.4. The topological polar surface area (TPSA) is 132 Å². The van der Waals surface area contributed by atoms with E-state index in [0.717, 1.165) is 69.6 Å². The van der Waals surface area contributed by atoms with Crippen molar-refractivity contribution in [2.75, 3.05) is 24.4 Å². The van der Waals surface area contributed by atoms with Crippen LogP contribution in [-0.2, 0) is 11.3 Å². The van der Waals surface area contributed by atoms with Crippen LogP contribution in [0.3, 0.4) is 0 Å². The molecule has 1 amide bonds. The van der Waals surface area contributed by atoms with E-state index in [1.807, 2.05) is 89.7 Å². The minimum absolute atomic E-state index is 0.0380. The number of hydrogen-bond donors (Lipinski definition) is 3. The predicted octanol–water partition coefficient (Wildman–Crippen LogP) is 9.01. The minimum atomic E-state index is -0.167. The van der Waals surface area contributed by atoms with Crippen LogP contribution in [0.25, 0.3) is 43.6 Å². The molecule has 4 aromatic carbocycles. The third-order valence-corrected chi connectivity index (χ3v) is 9.41. The number of ether oxygens (including phenoxy) is 2. The molecule has 0 atom stereocenters. The van der Waals surface area contributed by atoms with Gasteiger partial charge in [-0.15, -0.1) is 0 Å². The van der Waals surface area contributed by atoms with Crippen LogP contribution >= 0.6 is 43.5 Å². The molecule has 14 heteroatoms. The number of aromatic amines is 1. The molecule has 0 aliphatic carbocycles. The lowest BCUT2D eigenvalue weighted by atomic mass is 10.1. The molecule has 1 aliphatic heterocycles. The first-order valence-corrected chi connectivity index (χ1v) is 17.3. The van der Waals surface area contributed by atoms with Gasteiger partial charge in [0.05, 0.1) is 36.6 Å². The summed E-state index contributed by atoms with van der Waals surface area (Å²) in [5, 5.41) is 22.3. The van der Waals surface area contributed by atoms with Crippen LogP contribution in [0.2, 0.25) is 5.15 Å². The highest BCUT2D eigenvalue weighted by Crippen LogP contribution is 2.35. The molecule has 0 unspecified atom stereocenters. The Morgan fingerprint density at radius 3 is 2.42 bits per heavy atom. The number of aromatic nitrogens is 6. The van der Waals surface area contributed by atoms with Crippen LogP contribution in [0.15, 0.2) is 100 Å². The Labute approximate surface area is 306 Å². The van der Waals surface area contributed by atoms with Gasteiger partial charge in [-0.3, -0.25) is 14.6 Å². The Kier molecular flexibility index (Phi) is 8.47. The van der Waals surface area contributed by atoms with Gasteiger partial charge in [-0.2, -0.15) is 10.2 Å². The van der Waals surface area contributed by atoms with Gasteiger partial charge >= 0.3 is 0 Å². The molecule has 0 saturated heterocycles. The van der Waals surface area contributed by atoms with E-state index in [9.17, 15) is 4.79 Å². The van der Waals surface area contributed by atoms with E-state index >= 15 is 0 Å². The number of fused-ring (bicyclic) bond motifs is 7. The Bertz CT molecular complexity index is 2590. The molecule has 5 heterocycles. The number of pyridine rings is 2. The second-order valence-corrected chi connectivity index (χ2v) is 13.6. The summed E-state index contributed by atoms with van der Waals surface area (Å²) in [4.78, 5) is 20.7. The second-order valence-electron chi connectivity index (χ2n) is 11.5. The van der Waals surface area contributed by atoms with Gasteiger partial charge in [0.15, 0.2) is 17.6 Å². The Balaban J connectivity index is 0.000000145. The number of nitrogens with zero attached hydrogens (tertiary/aromatic N) is 5. The zero-order valence-corrected chi connectivity index (χ0v) is 30.1. The van der Waals surface area contributed by atoms with Gasteiger partial charge in [0.2, 0.25) is 0 Å². The smallest absolute Gasteiger partial charge is 0.262 e. The van der Waals surface area contributed by atoms with Gasteiger partial charge in [-0.05, 0) is 72.3 Å². The predicted molar refractivity (Wildman–Crippen MR) is 203 cm³/mol. The lowest BCUT2D eigenvalue weighted by molar-refractivity contribution is -0.118. The van der Waals surface area contributed by atoms with Crippen molar-refractivity contribution in [1.29, 1.82) is 0 Å². The molecule has 1 aliphatic rings. The Morgan fingerprint density at radius 2 is 1.66 bits per heavy atom. The standard InChI is InChI=1S/C18H13BrClN3O.C18H12BrN5O2/c1-24-13-5-2-11(3-6-13)9-23-10-15-14-8-12(19)4-7-16(14)21-18(20)17(15)22-23;19-9-1-3-13-11(5-9)12-7-20-24-17(12)18(23-13)21-10-2-4-15-14(6-10)22-16(25)8-26-15/h2-8,10H,9H2,1H3;1-7H,8H2,(H,20,24)(H,21,23)(H,22,25). The van der Waals surface area contributed by atoms with E-state index in [2.05, 4.69) is 62.8 Å². The van der Waals surface area contributed by atoms with E-state index in [4.69, 9.17) is 26.1 Å². The number of anilines is 3. The first-order valence-electron chi connectivity index (χ1n) is 15.3. The summed E-state index contributed by atoms with van der Waals surface area (Å²) in [5.41, 5.74) is 5.81. The summed E-state index contributed by atoms with van der Waals surface area (Å²) in [6.07, 6.45) is 3.81. The zero-order chi connectivity index (χ0) is 34.4. The number of carbonyl (C=O) groups excluding carboxylic acids is 1. The van der Waals surface area contributed by atoms with Gasteiger partial charge in [0.1, 0.15) is 22.5 Å². The highest BCUT2D eigenvalue weighted by atomic mass is 79.9. The molecule has 3 N–H and O–H groups in total. The first kappa shape index (κ1) is 32.0. The van der Waals surface area contributed by atoms with Gasteiger partial charge < -0.3 is 20.1 Å². The van der Waals surface area contributed by atoms with Gasteiger partial charge in [0.25, 0.3) is 5.91 Å². The fourth-order valence-electron chi connectivity index (χ4n) is 5.81. The van der Waals surface area contributed by atoms with Crippen molar-refractivity contribution in [1.82, 2.24) is 29.9 Å². The highest BCUT2D eigenvalue weighted by molar-refractivity contribution is 9.10. The summed E-state index contributed by atoms with van der Waals surface area (Å²) in [6, 6.07) is 25.3. The Hall–Kier alpha value is -5.24. The van der Waals surface area contributed by atoms with Crippen molar-refractivity contribution in [2.24, 2.45) is 0 Å². The number of amides is 1. The molecule has 248 valence electrons. The summed E-state index contributed by atoms with van der Waals surface area (Å²) >= 11 is 13.3.